The molecular weight excluding hydrogens is 282 g/mol. The Morgan fingerprint density at radius 2 is 1.90 bits per heavy atom. The first-order chi connectivity index (χ1) is 10.2. The molecule has 0 aliphatic carbocycles. The number of nitrogens with one attached hydrogen (secondary N) is 1. The average molecular weight is 311 g/mol. The first-order valence-electron chi connectivity index (χ1n) is 7.69. The molecule has 0 saturated carbocycles. The van der Waals surface area contributed by atoms with E-state index in [0.29, 0.717) is 6.04 Å². The van der Waals surface area contributed by atoms with Crippen LogP contribution in [-0.4, -0.2) is 32.3 Å². The Bertz CT molecular complexity index is 412. The molecule has 0 fully saturated rings. The van der Waals surface area contributed by atoms with Crippen LogP contribution in [0.1, 0.15) is 38.8 Å². The third kappa shape index (κ3) is 5.79. The molecule has 1 N–H and O–H groups in total. The highest BCUT2D eigenvalue weighted by Gasteiger charge is 2.16. The maximum atomic E-state index is 5.53. The summed E-state index contributed by atoms with van der Waals surface area (Å²) >= 11 is 2.01. The van der Waals surface area contributed by atoms with Crippen molar-refractivity contribution in [3.8, 4) is 11.5 Å². The van der Waals surface area contributed by atoms with Gasteiger partial charge in [0, 0.05) is 23.4 Å². The zero-order valence-corrected chi connectivity index (χ0v) is 14.8. The van der Waals surface area contributed by atoms with Gasteiger partial charge in [0.05, 0.1) is 14.2 Å². The van der Waals surface area contributed by atoms with Crippen molar-refractivity contribution < 1.29 is 9.47 Å². The van der Waals surface area contributed by atoms with E-state index in [0.717, 1.165) is 29.7 Å². The zero-order chi connectivity index (χ0) is 15.7. The molecule has 1 aromatic carbocycles. The van der Waals surface area contributed by atoms with Gasteiger partial charge in [0.2, 0.25) is 0 Å². The van der Waals surface area contributed by atoms with Crippen molar-refractivity contribution in [3.05, 3.63) is 23.8 Å². The lowest BCUT2D eigenvalue weighted by Gasteiger charge is -2.21. The number of hydrogen-bond donors (Lipinski definition) is 1. The van der Waals surface area contributed by atoms with Gasteiger partial charge in [-0.25, -0.2) is 0 Å². The molecule has 0 aliphatic rings. The maximum Gasteiger partial charge on any atom is 0.127 e. The first-order valence-corrected chi connectivity index (χ1v) is 8.84. The van der Waals surface area contributed by atoms with Crippen LogP contribution in [-0.2, 0) is 0 Å². The topological polar surface area (TPSA) is 30.5 Å². The second kappa shape index (κ2) is 9.96. The van der Waals surface area contributed by atoms with E-state index in [4.69, 9.17) is 9.47 Å². The predicted octanol–water partition coefficient (Wildman–Crippen LogP) is 4.13. The number of ether oxygens (including phenoxy) is 2. The Morgan fingerprint density at radius 3 is 2.48 bits per heavy atom. The minimum Gasteiger partial charge on any atom is -0.497 e. The van der Waals surface area contributed by atoms with Gasteiger partial charge in [-0.3, -0.25) is 0 Å². The van der Waals surface area contributed by atoms with Crippen LogP contribution in [0.15, 0.2) is 18.2 Å². The van der Waals surface area contributed by atoms with Crippen molar-refractivity contribution in [2.24, 2.45) is 5.92 Å². The molecule has 2 unspecified atom stereocenters. The molecule has 0 bridgehead atoms. The Kier molecular flexibility index (Phi) is 8.62. The maximum absolute atomic E-state index is 5.53. The molecule has 4 heteroatoms. The lowest BCUT2D eigenvalue weighted by atomic mass is 10.1. The Hall–Kier alpha value is -0.870. The van der Waals surface area contributed by atoms with E-state index in [1.54, 1.807) is 14.2 Å². The summed E-state index contributed by atoms with van der Waals surface area (Å²) in [6.45, 7) is 7.65. The van der Waals surface area contributed by atoms with Crippen LogP contribution in [0.3, 0.4) is 0 Å². The summed E-state index contributed by atoms with van der Waals surface area (Å²) < 4.78 is 10.8. The van der Waals surface area contributed by atoms with Crippen molar-refractivity contribution in [3.63, 3.8) is 0 Å². The molecule has 0 radical (unpaired) electrons. The third-order valence-electron chi connectivity index (χ3n) is 3.65. The quantitative estimate of drug-likeness (QED) is 0.703. The minimum atomic E-state index is 0.310. The van der Waals surface area contributed by atoms with E-state index >= 15 is 0 Å². The lowest BCUT2D eigenvalue weighted by molar-refractivity contribution is 0.386. The zero-order valence-electron chi connectivity index (χ0n) is 13.9. The van der Waals surface area contributed by atoms with Crippen molar-refractivity contribution in [2.45, 2.75) is 33.2 Å². The fourth-order valence-electron chi connectivity index (χ4n) is 2.12. The predicted molar refractivity (Wildman–Crippen MR) is 92.7 cm³/mol. The van der Waals surface area contributed by atoms with Gasteiger partial charge in [-0.1, -0.05) is 33.3 Å². The largest absolute Gasteiger partial charge is 0.497 e. The molecule has 0 saturated heterocycles. The summed E-state index contributed by atoms with van der Waals surface area (Å²) in [5.41, 5.74) is 1.21. The number of hydrogen-bond acceptors (Lipinski definition) is 4. The van der Waals surface area contributed by atoms with Gasteiger partial charge in [-0.2, -0.15) is 11.8 Å². The van der Waals surface area contributed by atoms with Gasteiger partial charge in [-0.05, 0) is 24.3 Å². The van der Waals surface area contributed by atoms with Crippen LogP contribution in [0.2, 0.25) is 0 Å². The monoisotopic (exact) mass is 311 g/mol. The molecule has 1 rings (SSSR count). The summed E-state index contributed by atoms with van der Waals surface area (Å²) in [7, 11) is 3.39. The highest BCUT2D eigenvalue weighted by atomic mass is 32.2. The SMILES string of the molecule is CCNC(CSCC(C)CC)c1ccc(OC)cc1OC. The van der Waals surface area contributed by atoms with Gasteiger partial charge >= 0.3 is 0 Å². The van der Waals surface area contributed by atoms with Gasteiger partial charge in [0.15, 0.2) is 0 Å². The number of benzene rings is 1. The Labute approximate surface area is 133 Å². The van der Waals surface area contributed by atoms with E-state index in [2.05, 4.69) is 32.2 Å². The standard InChI is InChI=1S/C17H29NO2S/c1-6-13(3)11-21-12-16(18-7-2)15-9-8-14(19-4)10-17(15)20-5/h8-10,13,16,18H,6-7,11-12H2,1-5H3. The van der Waals surface area contributed by atoms with E-state index < -0.39 is 0 Å². The van der Waals surface area contributed by atoms with E-state index in [9.17, 15) is 0 Å². The molecule has 0 aliphatic heterocycles. The summed E-state index contributed by atoms with van der Waals surface area (Å²) in [5, 5.41) is 3.56. The molecule has 120 valence electrons. The van der Waals surface area contributed by atoms with Crippen LogP contribution in [0.5, 0.6) is 11.5 Å². The Balaban J connectivity index is 2.79. The highest BCUT2D eigenvalue weighted by Crippen LogP contribution is 2.31. The second-order valence-electron chi connectivity index (χ2n) is 5.27. The van der Waals surface area contributed by atoms with Crippen molar-refractivity contribution >= 4 is 11.8 Å². The molecule has 0 spiro atoms. The van der Waals surface area contributed by atoms with Crippen molar-refractivity contribution in [1.29, 1.82) is 0 Å². The van der Waals surface area contributed by atoms with Gasteiger partial charge in [-0.15, -0.1) is 0 Å². The smallest absolute Gasteiger partial charge is 0.127 e. The molecule has 1 aromatic rings. The minimum absolute atomic E-state index is 0.310. The average Bonchev–Trinajstić information content (AvgIpc) is 2.53. The van der Waals surface area contributed by atoms with Gasteiger partial charge < -0.3 is 14.8 Å². The highest BCUT2D eigenvalue weighted by molar-refractivity contribution is 7.99. The normalized spacial score (nSPS) is 13.8. The number of methoxy groups -OCH3 is 2. The number of thioether (sulfide) groups is 1. The molecule has 0 heterocycles. The molecule has 0 aromatic heterocycles. The fourth-order valence-corrected chi connectivity index (χ4v) is 3.42. The summed E-state index contributed by atoms with van der Waals surface area (Å²) in [6, 6.07) is 6.37. The molecule has 21 heavy (non-hydrogen) atoms. The third-order valence-corrected chi connectivity index (χ3v) is 5.02. The van der Waals surface area contributed by atoms with E-state index in [1.807, 2.05) is 23.9 Å². The van der Waals surface area contributed by atoms with Gasteiger partial charge in [0.1, 0.15) is 11.5 Å². The van der Waals surface area contributed by atoms with Crippen LogP contribution in [0, 0.1) is 5.92 Å². The summed E-state index contributed by atoms with van der Waals surface area (Å²) in [4.78, 5) is 0. The van der Waals surface area contributed by atoms with E-state index in [1.165, 1.54) is 17.7 Å². The first kappa shape index (κ1) is 18.2. The summed E-state index contributed by atoms with van der Waals surface area (Å²) in [6.07, 6.45) is 1.24. The lowest BCUT2D eigenvalue weighted by Crippen LogP contribution is -2.24. The van der Waals surface area contributed by atoms with Crippen LogP contribution < -0.4 is 14.8 Å². The van der Waals surface area contributed by atoms with Crippen LogP contribution in [0.25, 0.3) is 0 Å². The van der Waals surface area contributed by atoms with Crippen LogP contribution >= 0.6 is 11.8 Å². The van der Waals surface area contributed by atoms with Gasteiger partial charge in [0.25, 0.3) is 0 Å². The summed E-state index contributed by atoms with van der Waals surface area (Å²) in [5.74, 6) is 4.76. The van der Waals surface area contributed by atoms with Crippen molar-refractivity contribution in [1.82, 2.24) is 5.32 Å². The molecule has 3 nitrogen and oxygen atoms in total. The van der Waals surface area contributed by atoms with E-state index in [-0.39, 0.29) is 0 Å². The van der Waals surface area contributed by atoms with Crippen molar-refractivity contribution in [2.75, 3.05) is 32.3 Å². The molecular formula is C17H29NO2S. The fraction of sp³-hybridized carbons (Fsp3) is 0.647. The number of rotatable bonds is 10. The van der Waals surface area contributed by atoms with Crippen LogP contribution in [0.4, 0.5) is 0 Å². The Morgan fingerprint density at radius 1 is 1.14 bits per heavy atom. The molecule has 2 atom stereocenters. The molecule has 0 amide bonds. The second-order valence-corrected chi connectivity index (χ2v) is 6.34.